The van der Waals surface area contributed by atoms with Crippen LogP contribution in [0.4, 0.5) is 11.4 Å². The number of ether oxygens (including phenoxy) is 1. The first-order valence-electron chi connectivity index (χ1n) is 25.3. The molecule has 19 nitrogen and oxygen atoms in total. The molecule has 0 bridgehead atoms. The van der Waals surface area contributed by atoms with Gasteiger partial charge in [0.2, 0.25) is 0 Å². The molecule has 6 aromatic heterocycles. The van der Waals surface area contributed by atoms with E-state index in [2.05, 4.69) is 95.9 Å². The third kappa shape index (κ3) is 11.0. The first kappa shape index (κ1) is 50.7. The Morgan fingerprint density at radius 3 is 1.77 bits per heavy atom. The molecule has 1 unspecified atom stereocenters. The minimum atomic E-state index is -0.669. The summed E-state index contributed by atoms with van der Waals surface area (Å²) in [4.78, 5) is 79.0. The molecular formula is C53H62N14O5S2. The van der Waals surface area contributed by atoms with E-state index in [1.807, 2.05) is 32.9 Å². The summed E-state index contributed by atoms with van der Waals surface area (Å²) in [6.45, 7) is 7.57. The molecule has 8 aromatic rings. The molecule has 3 saturated heterocycles. The third-order valence-electron chi connectivity index (χ3n) is 13.9. The van der Waals surface area contributed by atoms with Crippen LogP contribution >= 0.6 is 22.7 Å². The van der Waals surface area contributed by atoms with Gasteiger partial charge in [-0.05, 0) is 120 Å². The van der Waals surface area contributed by atoms with Gasteiger partial charge in [0, 0.05) is 43.6 Å². The summed E-state index contributed by atoms with van der Waals surface area (Å²) in [7, 11) is 8.11. The fourth-order valence-corrected chi connectivity index (χ4v) is 12.4. The number of H-pyrrole nitrogens is 1. The van der Waals surface area contributed by atoms with E-state index in [0.717, 1.165) is 111 Å². The van der Waals surface area contributed by atoms with Crippen molar-refractivity contribution in [3.05, 3.63) is 94.7 Å². The first-order valence-corrected chi connectivity index (χ1v) is 26.9. The van der Waals surface area contributed by atoms with Gasteiger partial charge in [-0.25, -0.2) is 14.6 Å². The van der Waals surface area contributed by atoms with Gasteiger partial charge in [-0.2, -0.15) is 10.2 Å². The Balaban J connectivity index is 0.000000172. The number of anilines is 2. The number of benzene rings is 2. The van der Waals surface area contributed by atoms with Crippen molar-refractivity contribution in [1.29, 1.82) is 0 Å². The molecule has 3 fully saturated rings. The monoisotopic (exact) mass is 1040 g/mol. The zero-order valence-electron chi connectivity index (χ0n) is 42.6. The van der Waals surface area contributed by atoms with Crippen molar-refractivity contribution >= 4 is 99.9 Å². The SMILES string of the molecule is C[C@H]1CC[C@H](c2ccc3sc(CN(C)C)nc3c2)N(C(=O)C(=O)Nc2cncc3[nH]ncc23)C1.C[C@H]1CC[C@H](c2ccc3sc(CN(C)C)nc3c2)N(C(=O)C(=O)Nc2cncc3c2cnn3C2CCCCO2)C1. The highest BCUT2D eigenvalue weighted by atomic mass is 32.1. The highest BCUT2D eigenvalue weighted by molar-refractivity contribution is 7.18. The number of thiazole rings is 2. The van der Waals surface area contributed by atoms with Gasteiger partial charge in [-0.15, -0.1) is 22.7 Å². The number of nitrogens with one attached hydrogen (secondary N) is 3. The van der Waals surface area contributed by atoms with Gasteiger partial charge in [0.05, 0.1) is 92.1 Å². The number of pyridine rings is 2. The van der Waals surface area contributed by atoms with Crippen LogP contribution in [0.5, 0.6) is 0 Å². The number of carbonyl (C=O) groups excluding carboxylic acids is 4. The number of aromatic nitrogens is 8. The van der Waals surface area contributed by atoms with Crippen molar-refractivity contribution in [3.8, 4) is 0 Å². The van der Waals surface area contributed by atoms with Crippen LogP contribution in [0, 0.1) is 11.8 Å². The highest BCUT2D eigenvalue weighted by Crippen LogP contribution is 2.38. The number of rotatable bonds is 9. The van der Waals surface area contributed by atoms with E-state index in [1.165, 1.54) is 6.20 Å². The van der Waals surface area contributed by atoms with Crippen LogP contribution in [0.15, 0.2) is 73.6 Å². The van der Waals surface area contributed by atoms with Gasteiger partial charge in [-0.1, -0.05) is 26.0 Å². The minimum Gasteiger partial charge on any atom is -0.356 e. The number of amides is 4. The Labute approximate surface area is 436 Å². The molecule has 0 aliphatic carbocycles. The molecule has 21 heteroatoms. The van der Waals surface area contributed by atoms with Crippen molar-refractivity contribution in [2.24, 2.45) is 11.8 Å². The van der Waals surface area contributed by atoms with Crippen molar-refractivity contribution in [2.75, 3.05) is 58.5 Å². The standard InChI is InChI=1S/C29H35N7O3S.C24H27N7O2S/c1-18-7-9-23(19-8-10-25-21(12-19)32-26(40-25)17-34(2)3)35(16-18)29(38)28(37)33-22-14-30-15-24-20(22)13-31-36(24)27-6-4-5-11-39-27;1-14-4-6-20(15-5-7-21-17(8-15)27-22(34-21)13-30(2)3)31(12-14)24(33)23(32)28-18-10-25-11-19-16(18)9-26-29-19/h8,10,12-15,18,23,27H,4-7,9,11,16-17H2,1-3H3,(H,33,37);5,7-11,14,20H,4,6,12-13H2,1-3H3,(H,26,29)(H,28,32)/t18-,23+,27?;14-,20+/m00/s1. The molecular weight excluding hydrogens is 977 g/mol. The molecule has 0 radical (unpaired) electrons. The molecule has 74 heavy (non-hydrogen) atoms. The van der Waals surface area contributed by atoms with Gasteiger partial charge >= 0.3 is 23.6 Å². The fraction of sp³-hybridized carbons (Fsp3) is 0.434. The lowest BCUT2D eigenvalue weighted by Crippen LogP contribution is -2.46. The van der Waals surface area contributed by atoms with Crippen molar-refractivity contribution in [3.63, 3.8) is 0 Å². The van der Waals surface area contributed by atoms with Gasteiger partial charge in [-0.3, -0.25) is 34.2 Å². The molecule has 5 atom stereocenters. The number of nitrogens with zero attached hydrogens (tertiary/aromatic N) is 11. The Bertz CT molecular complexity index is 3340. The van der Waals surface area contributed by atoms with E-state index in [0.29, 0.717) is 53.8 Å². The Morgan fingerprint density at radius 2 is 1.23 bits per heavy atom. The van der Waals surface area contributed by atoms with E-state index < -0.39 is 23.6 Å². The van der Waals surface area contributed by atoms with E-state index in [4.69, 9.17) is 14.7 Å². The van der Waals surface area contributed by atoms with Crippen LogP contribution in [-0.4, -0.2) is 131 Å². The number of carbonyl (C=O) groups is 4. The summed E-state index contributed by atoms with van der Waals surface area (Å²) in [6, 6.07) is 12.1. The number of likely N-dealkylation sites (tertiary alicyclic amines) is 2. The van der Waals surface area contributed by atoms with E-state index >= 15 is 0 Å². The van der Waals surface area contributed by atoms with Crippen molar-refractivity contribution in [1.82, 2.24) is 59.5 Å². The molecule has 9 heterocycles. The van der Waals surface area contributed by atoms with E-state index in [-0.39, 0.29) is 18.3 Å². The lowest BCUT2D eigenvalue weighted by atomic mass is 9.89. The predicted octanol–water partition coefficient (Wildman–Crippen LogP) is 8.31. The molecule has 386 valence electrons. The maximum absolute atomic E-state index is 13.6. The Hall–Kier alpha value is -6.78. The average Bonchev–Trinajstić information content (AvgIpc) is 4.22. The summed E-state index contributed by atoms with van der Waals surface area (Å²) < 4.78 is 9.97. The van der Waals surface area contributed by atoms with Crippen LogP contribution in [0.1, 0.15) is 98.2 Å². The lowest BCUT2D eigenvalue weighted by Gasteiger charge is -2.38. The largest absolute Gasteiger partial charge is 0.356 e. The third-order valence-corrected chi connectivity index (χ3v) is 16.0. The maximum Gasteiger partial charge on any atom is 0.313 e. The number of hydrogen-bond donors (Lipinski definition) is 3. The smallest absolute Gasteiger partial charge is 0.313 e. The number of aromatic amines is 1. The molecule has 0 saturated carbocycles. The van der Waals surface area contributed by atoms with E-state index in [9.17, 15) is 19.2 Å². The molecule has 0 spiro atoms. The summed E-state index contributed by atoms with van der Waals surface area (Å²) in [5.74, 6) is -1.79. The van der Waals surface area contributed by atoms with Gasteiger partial charge in [0.25, 0.3) is 0 Å². The summed E-state index contributed by atoms with van der Waals surface area (Å²) >= 11 is 3.37. The van der Waals surface area contributed by atoms with Crippen LogP contribution < -0.4 is 10.6 Å². The quantitative estimate of drug-likeness (QED) is 0.116. The second-order valence-corrected chi connectivity index (χ2v) is 22.6. The molecule has 3 aliphatic heterocycles. The molecule has 2 aromatic carbocycles. The predicted molar refractivity (Wildman–Crippen MR) is 287 cm³/mol. The maximum atomic E-state index is 13.6. The lowest BCUT2D eigenvalue weighted by molar-refractivity contribution is -0.146. The van der Waals surface area contributed by atoms with Crippen LogP contribution in [0.25, 0.3) is 42.2 Å². The van der Waals surface area contributed by atoms with Crippen LogP contribution in [0.3, 0.4) is 0 Å². The Kier molecular flexibility index (Phi) is 15.1. The second-order valence-electron chi connectivity index (χ2n) is 20.4. The normalized spacial score (nSPS) is 20.4. The fourth-order valence-electron chi connectivity index (χ4n) is 10.3. The topological polar surface area (TPSA) is 213 Å². The summed E-state index contributed by atoms with van der Waals surface area (Å²) in [5, 5.41) is 20.5. The van der Waals surface area contributed by atoms with Gasteiger partial charge in [0.15, 0.2) is 6.23 Å². The van der Waals surface area contributed by atoms with Crippen LogP contribution in [0.2, 0.25) is 0 Å². The number of hydrogen-bond acceptors (Lipinski definition) is 15. The molecule has 3 aliphatic rings. The zero-order valence-corrected chi connectivity index (χ0v) is 44.2. The molecule has 4 amide bonds. The van der Waals surface area contributed by atoms with Gasteiger partial charge < -0.3 is 35.0 Å². The first-order chi connectivity index (χ1) is 35.8. The zero-order chi connectivity index (χ0) is 51.6. The average molecular weight is 1040 g/mol. The summed E-state index contributed by atoms with van der Waals surface area (Å²) in [5.41, 5.74) is 6.30. The molecule has 3 N–H and O–H groups in total. The summed E-state index contributed by atoms with van der Waals surface area (Å²) in [6.07, 6.45) is 16.2. The van der Waals surface area contributed by atoms with Gasteiger partial charge in [0.1, 0.15) is 10.0 Å². The Morgan fingerprint density at radius 1 is 0.676 bits per heavy atom. The minimum absolute atomic E-state index is 0.148. The van der Waals surface area contributed by atoms with E-state index in [1.54, 1.807) is 63.5 Å². The van der Waals surface area contributed by atoms with Crippen molar-refractivity contribution in [2.45, 2.75) is 90.2 Å². The van der Waals surface area contributed by atoms with Crippen LogP contribution in [-0.2, 0) is 37.0 Å². The molecule has 11 rings (SSSR count). The number of fused-ring (bicyclic) bond motifs is 4. The highest BCUT2D eigenvalue weighted by Gasteiger charge is 2.36. The second kappa shape index (κ2) is 22.0. The van der Waals surface area contributed by atoms with Crippen molar-refractivity contribution < 1.29 is 23.9 Å². The number of piperidine rings is 2.